The van der Waals surface area contributed by atoms with E-state index >= 15 is 0 Å². The Kier molecular flexibility index (Phi) is 11.7. The second kappa shape index (κ2) is 15.9. The van der Waals surface area contributed by atoms with Crippen LogP contribution >= 0.6 is 0 Å². The third-order valence-corrected chi connectivity index (χ3v) is 20.8. The predicted octanol–water partition coefficient (Wildman–Crippen LogP) is 9.21. The van der Waals surface area contributed by atoms with Gasteiger partial charge in [0.05, 0.1) is 25.2 Å². The van der Waals surface area contributed by atoms with Crippen molar-refractivity contribution < 1.29 is 23.0 Å². The number of nitrogens with zero attached hydrogens (tertiary/aromatic N) is 2. The number of methoxy groups -OCH3 is 1. The zero-order chi connectivity index (χ0) is 42.1. The van der Waals surface area contributed by atoms with Crippen LogP contribution in [0.4, 0.5) is 0 Å². The van der Waals surface area contributed by atoms with Gasteiger partial charge in [-0.15, -0.1) is 0 Å². The van der Waals surface area contributed by atoms with Gasteiger partial charge in [0.2, 0.25) is 5.88 Å². The lowest BCUT2D eigenvalue weighted by Gasteiger charge is -2.72. The first-order chi connectivity index (χ1) is 27.9. The Bertz CT molecular complexity index is 1910. The fourth-order valence-electron chi connectivity index (χ4n) is 15.6. The van der Waals surface area contributed by atoms with Gasteiger partial charge < -0.3 is 24.8 Å². The van der Waals surface area contributed by atoms with Crippen LogP contribution in [0.1, 0.15) is 125 Å². The van der Waals surface area contributed by atoms with Gasteiger partial charge in [-0.2, -0.15) is 0 Å². The number of hydrogen-bond acceptors (Lipinski definition) is 8. The van der Waals surface area contributed by atoms with Gasteiger partial charge in [0.15, 0.2) is 9.84 Å². The molecule has 59 heavy (non-hydrogen) atoms. The Hall–Kier alpha value is -2.20. The molecule has 0 spiro atoms. The molecule has 328 valence electrons. The average Bonchev–Trinajstić information content (AvgIpc) is 3.59. The molecule has 2 N–H and O–H groups in total. The molecule has 1 unspecified atom stereocenters. The van der Waals surface area contributed by atoms with Crippen LogP contribution in [-0.2, 0) is 9.84 Å². The minimum atomic E-state index is -2.86. The van der Waals surface area contributed by atoms with Crippen molar-refractivity contribution in [2.45, 2.75) is 131 Å². The number of aliphatic hydroxyl groups excluding tert-OH is 1. The summed E-state index contributed by atoms with van der Waals surface area (Å²) < 4.78 is 35.6. The minimum absolute atomic E-state index is 0.0962. The van der Waals surface area contributed by atoms with E-state index in [1.807, 2.05) is 12.1 Å². The molecule has 0 bridgehead atoms. The highest BCUT2D eigenvalue weighted by Gasteiger charge is 2.70. The van der Waals surface area contributed by atoms with Crippen LogP contribution in [-0.4, -0.2) is 87.0 Å². The van der Waals surface area contributed by atoms with Gasteiger partial charge in [-0.05, 0) is 159 Å². The average molecular weight is 832 g/mol. The molecular weight excluding hydrogens is 755 g/mol. The Morgan fingerprint density at radius 2 is 1.75 bits per heavy atom. The molecule has 0 amide bonds. The van der Waals surface area contributed by atoms with Crippen LogP contribution in [0.25, 0.3) is 0 Å². The second-order valence-corrected chi connectivity index (χ2v) is 24.3. The molecule has 1 aromatic rings. The van der Waals surface area contributed by atoms with E-state index in [9.17, 15) is 13.5 Å². The van der Waals surface area contributed by atoms with E-state index in [4.69, 9.17) is 9.47 Å². The van der Waals surface area contributed by atoms with Crippen LogP contribution in [0.3, 0.4) is 0 Å². The summed E-state index contributed by atoms with van der Waals surface area (Å²) >= 11 is 0. The largest absolute Gasteiger partial charge is 0.497 e. The summed E-state index contributed by atoms with van der Waals surface area (Å²) in [7, 11) is -1.21. The quantitative estimate of drug-likeness (QED) is 0.201. The molecule has 8 rings (SSSR count). The summed E-state index contributed by atoms with van der Waals surface area (Å²) in [5, 5.41) is 14.9. The summed E-state index contributed by atoms with van der Waals surface area (Å²) in [5.41, 5.74) is 5.43. The molecule has 7 aliphatic rings. The van der Waals surface area contributed by atoms with Gasteiger partial charge in [0.25, 0.3) is 0 Å². The van der Waals surface area contributed by atoms with Crippen molar-refractivity contribution in [3.63, 3.8) is 0 Å². The molecule has 5 fully saturated rings. The summed E-state index contributed by atoms with van der Waals surface area (Å²) in [4.78, 5) is 6.71. The number of ether oxygens (including phenoxy) is 2. The van der Waals surface area contributed by atoms with Gasteiger partial charge >= 0.3 is 0 Å². The first-order valence-electron chi connectivity index (χ1n) is 23.4. The standard InChI is InChI=1S/C50H77N3O5S/c1-35(2)38-13-21-50(52-26-27-53-28-31-59(55,56)32-29-53)23-22-47(6)40(44(38)50)9-10-42-46(5)17-14-39(45(3,4)41(46)15-18-48(42,47)7)36-11-19-49(34-54,20-12-36)24-30-58-43-33-37(57-8)16-25-51-43/h11,14,16,25,33,38,40-42,44,52,54H,1,9-10,12-13,15,17-24,26-32,34H2,2-8H3/t38-,40+,41-,42+,44+,46-,47+,48+,49?,50-/m0/s1. The zero-order valence-electron chi connectivity index (χ0n) is 37.7. The fraction of sp³-hybridized carbons (Fsp3) is 0.780. The van der Waals surface area contributed by atoms with Crippen molar-refractivity contribution in [3.05, 3.63) is 53.8 Å². The van der Waals surface area contributed by atoms with E-state index in [2.05, 4.69) is 75.5 Å². The highest BCUT2D eigenvalue weighted by atomic mass is 32.2. The highest BCUT2D eigenvalue weighted by Crippen LogP contribution is 2.76. The van der Waals surface area contributed by atoms with Gasteiger partial charge in [0.1, 0.15) is 5.75 Å². The van der Waals surface area contributed by atoms with Crippen LogP contribution in [0, 0.1) is 56.7 Å². The molecule has 10 atom stereocenters. The number of rotatable bonds is 12. The summed E-state index contributed by atoms with van der Waals surface area (Å²) in [6.07, 6.45) is 22.0. The Morgan fingerprint density at radius 3 is 2.44 bits per heavy atom. The predicted molar refractivity (Wildman–Crippen MR) is 238 cm³/mol. The van der Waals surface area contributed by atoms with Crippen molar-refractivity contribution in [2.75, 3.05) is 58.0 Å². The van der Waals surface area contributed by atoms with E-state index < -0.39 is 9.84 Å². The van der Waals surface area contributed by atoms with Crippen molar-refractivity contribution >= 4 is 9.84 Å². The molecule has 0 radical (unpaired) electrons. The molecule has 6 aliphatic carbocycles. The smallest absolute Gasteiger partial charge is 0.216 e. The summed E-state index contributed by atoms with van der Waals surface area (Å²) in [5.74, 6) is 5.14. The van der Waals surface area contributed by atoms with Crippen LogP contribution in [0.2, 0.25) is 0 Å². The maximum atomic E-state index is 12.1. The SMILES string of the molecule is C=C(C)[C@@H]1CC[C@]2(NCCN3CCS(=O)(=O)CC3)CC[C@]3(C)[C@H](CC[C@@H]4[C@@]5(C)CC=C(C6=CCC(CO)(CCOc7cc(OC)ccn7)CC6)C(C)(C)[C@@H]5CC[C@]43C)[C@@H]12. The first-order valence-corrected chi connectivity index (χ1v) is 25.2. The van der Waals surface area contributed by atoms with Crippen molar-refractivity contribution in [2.24, 2.45) is 56.7 Å². The molecular formula is C50H77N3O5S. The van der Waals surface area contributed by atoms with E-state index in [1.54, 1.807) is 18.9 Å². The van der Waals surface area contributed by atoms with E-state index in [-0.39, 0.29) is 28.4 Å². The number of allylic oxidation sites excluding steroid dienone is 5. The monoisotopic (exact) mass is 832 g/mol. The lowest BCUT2D eigenvalue weighted by molar-refractivity contribution is -0.221. The molecule has 1 saturated heterocycles. The van der Waals surface area contributed by atoms with Crippen molar-refractivity contribution in [1.82, 2.24) is 15.2 Å². The summed E-state index contributed by atoms with van der Waals surface area (Å²) in [6.45, 7) is 24.2. The fourth-order valence-corrected chi connectivity index (χ4v) is 16.9. The van der Waals surface area contributed by atoms with Crippen molar-refractivity contribution in [3.8, 4) is 11.6 Å². The Labute approximate surface area is 357 Å². The van der Waals surface area contributed by atoms with Crippen LogP contribution in [0.15, 0.2) is 53.8 Å². The number of aromatic nitrogens is 1. The van der Waals surface area contributed by atoms with Crippen molar-refractivity contribution in [1.29, 1.82) is 0 Å². The van der Waals surface area contributed by atoms with Gasteiger partial charge in [0, 0.05) is 56.0 Å². The number of hydrogen-bond donors (Lipinski definition) is 2. The zero-order valence-corrected chi connectivity index (χ0v) is 38.5. The molecule has 1 aromatic heterocycles. The third kappa shape index (κ3) is 7.39. The van der Waals surface area contributed by atoms with E-state index in [0.717, 1.165) is 44.5 Å². The molecule has 0 aromatic carbocycles. The number of aliphatic hydroxyl groups is 1. The highest BCUT2D eigenvalue weighted by molar-refractivity contribution is 7.91. The topological polar surface area (TPSA) is 101 Å². The number of pyridine rings is 1. The molecule has 4 saturated carbocycles. The number of nitrogens with one attached hydrogen (secondary N) is 1. The molecule has 1 aliphatic heterocycles. The lowest BCUT2D eigenvalue weighted by Crippen LogP contribution is -2.68. The minimum Gasteiger partial charge on any atom is -0.497 e. The van der Waals surface area contributed by atoms with Crippen LogP contribution in [0.5, 0.6) is 11.6 Å². The number of sulfone groups is 1. The lowest BCUT2D eigenvalue weighted by atomic mass is 9.33. The Morgan fingerprint density at radius 1 is 0.966 bits per heavy atom. The normalized spacial score (nSPS) is 41.3. The maximum Gasteiger partial charge on any atom is 0.216 e. The van der Waals surface area contributed by atoms with E-state index in [0.29, 0.717) is 77.5 Å². The Balaban J connectivity index is 0.976. The third-order valence-electron chi connectivity index (χ3n) is 19.2. The first kappa shape index (κ1) is 43.4. The molecule has 2 heterocycles. The molecule has 8 nitrogen and oxygen atoms in total. The maximum absolute atomic E-state index is 12.1. The van der Waals surface area contributed by atoms with Gasteiger partial charge in [-0.3, -0.25) is 0 Å². The molecule has 9 heteroatoms. The number of fused-ring (bicyclic) bond motifs is 7. The summed E-state index contributed by atoms with van der Waals surface area (Å²) in [6, 6.07) is 3.64. The van der Waals surface area contributed by atoms with Gasteiger partial charge in [-0.1, -0.05) is 58.9 Å². The second-order valence-electron chi connectivity index (χ2n) is 22.0. The van der Waals surface area contributed by atoms with Gasteiger partial charge in [-0.25, -0.2) is 13.4 Å². The van der Waals surface area contributed by atoms with Crippen LogP contribution < -0.4 is 14.8 Å². The van der Waals surface area contributed by atoms with E-state index in [1.165, 1.54) is 68.9 Å².